The molecule has 1 rings (SSSR count). The zero-order chi connectivity index (χ0) is 10.8. The molecule has 0 spiro atoms. The Morgan fingerprint density at radius 3 is 2.29 bits per heavy atom. The van der Waals surface area contributed by atoms with Crippen LogP contribution < -0.4 is 4.72 Å². The van der Waals surface area contributed by atoms with Gasteiger partial charge in [0.15, 0.2) is 0 Å². The number of hydrogen-bond acceptors (Lipinski definition) is 3. The van der Waals surface area contributed by atoms with Crippen LogP contribution in [0.2, 0.25) is 0 Å². The molecule has 0 aromatic carbocycles. The molecule has 1 saturated heterocycles. The fraction of sp³-hybridized carbons (Fsp3) is 0.875. The summed E-state index contributed by atoms with van der Waals surface area (Å²) < 4.78 is 24.0. The van der Waals surface area contributed by atoms with Crippen molar-refractivity contribution in [3.63, 3.8) is 0 Å². The Morgan fingerprint density at radius 2 is 1.86 bits per heavy atom. The molecule has 0 aromatic rings. The third-order valence-corrected chi connectivity index (χ3v) is 2.96. The molecule has 0 saturated carbocycles. The summed E-state index contributed by atoms with van der Waals surface area (Å²) >= 11 is 0. The van der Waals surface area contributed by atoms with E-state index in [0.29, 0.717) is 0 Å². The van der Waals surface area contributed by atoms with Gasteiger partial charge < -0.3 is 4.90 Å². The van der Waals surface area contributed by atoms with Crippen molar-refractivity contribution in [1.29, 1.82) is 0 Å². The van der Waals surface area contributed by atoms with E-state index < -0.39 is 16.1 Å². The molecule has 0 bridgehead atoms. The molecule has 1 fully saturated rings. The molecule has 14 heavy (non-hydrogen) atoms. The highest BCUT2D eigenvalue weighted by molar-refractivity contribution is 7.88. The largest absolute Gasteiger partial charge is 0.341 e. The van der Waals surface area contributed by atoms with Crippen molar-refractivity contribution in [2.75, 3.05) is 19.3 Å². The van der Waals surface area contributed by atoms with Gasteiger partial charge in [-0.1, -0.05) is 0 Å². The highest BCUT2D eigenvalue weighted by atomic mass is 32.2. The summed E-state index contributed by atoms with van der Waals surface area (Å²) in [7, 11) is -3.30. The van der Waals surface area contributed by atoms with Gasteiger partial charge in [-0.05, 0) is 19.8 Å². The van der Waals surface area contributed by atoms with Gasteiger partial charge in [-0.2, -0.15) is 0 Å². The highest BCUT2D eigenvalue weighted by Gasteiger charge is 2.24. The third-order valence-electron chi connectivity index (χ3n) is 2.18. The molecule has 82 valence electrons. The lowest BCUT2D eigenvalue weighted by Crippen LogP contribution is -2.45. The number of carbonyl (C=O) groups is 1. The Balaban J connectivity index is 2.51. The van der Waals surface area contributed by atoms with Crippen LogP contribution in [0.1, 0.15) is 19.8 Å². The quantitative estimate of drug-likeness (QED) is 0.700. The lowest BCUT2D eigenvalue weighted by atomic mass is 10.3. The summed E-state index contributed by atoms with van der Waals surface area (Å²) in [6, 6.07) is -0.650. The van der Waals surface area contributed by atoms with E-state index in [2.05, 4.69) is 4.72 Å². The van der Waals surface area contributed by atoms with Gasteiger partial charge in [0.1, 0.15) is 0 Å². The van der Waals surface area contributed by atoms with Crippen LogP contribution in [0.25, 0.3) is 0 Å². The van der Waals surface area contributed by atoms with E-state index >= 15 is 0 Å². The number of sulfonamides is 1. The minimum atomic E-state index is -3.30. The average Bonchev–Trinajstić information content (AvgIpc) is 2.51. The van der Waals surface area contributed by atoms with Crippen molar-refractivity contribution in [1.82, 2.24) is 9.62 Å². The van der Waals surface area contributed by atoms with E-state index in [1.807, 2.05) is 0 Å². The van der Waals surface area contributed by atoms with Gasteiger partial charge in [0.05, 0.1) is 12.3 Å². The highest BCUT2D eigenvalue weighted by Crippen LogP contribution is 2.09. The van der Waals surface area contributed by atoms with Crippen molar-refractivity contribution in [2.24, 2.45) is 0 Å². The number of nitrogens with zero attached hydrogens (tertiary/aromatic N) is 1. The zero-order valence-corrected chi connectivity index (χ0v) is 9.30. The first-order valence-electron chi connectivity index (χ1n) is 4.66. The second kappa shape index (κ2) is 4.27. The van der Waals surface area contributed by atoms with Gasteiger partial charge in [-0.3, -0.25) is 4.79 Å². The van der Waals surface area contributed by atoms with E-state index in [4.69, 9.17) is 0 Å². The summed E-state index contributed by atoms with van der Waals surface area (Å²) in [5.74, 6) is -0.132. The topological polar surface area (TPSA) is 66.5 Å². The molecule has 1 heterocycles. The number of amides is 1. The van der Waals surface area contributed by atoms with Gasteiger partial charge in [0.2, 0.25) is 15.9 Å². The summed E-state index contributed by atoms with van der Waals surface area (Å²) in [6.45, 7) is 3.06. The monoisotopic (exact) mass is 220 g/mol. The fourth-order valence-corrected chi connectivity index (χ4v) is 2.33. The molecule has 1 N–H and O–H groups in total. The third kappa shape index (κ3) is 3.26. The summed E-state index contributed by atoms with van der Waals surface area (Å²) in [5.41, 5.74) is 0. The van der Waals surface area contributed by atoms with Gasteiger partial charge >= 0.3 is 0 Å². The average molecular weight is 220 g/mol. The van der Waals surface area contributed by atoms with Gasteiger partial charge in [0.25, 0.3) is 0 Å². The number of rotatable bonds is 3. The smallest absolute Gasteiger partial charge is 0.240 e. The summed E-state index contributed by atoms with van der Waals surface area (Å²) in [4.78, 5) is 13.3. The molecule has 5 nitrogen and oxygen atoms in total. The maximum absolute atomic E-state index is 11.6. The standard InChI is InChI=1S/C8H16N2O3S/c1-7(9-14(2,12)13)8(11)10-5-3-4-6-10/h7,9H,3-6H2,1-2H3/t7-/m1/s1. The van der Waals surface area contributed by atoms with Crippen molar-refractivity contribution in [3.05, 3.63) is 0 Å². The normalized spacial score (nSPS) is 19.7. The van der Waals surface area contributed by atoms with Crippen LogP contribution in [0.5, 0.6) is 0 Å². The van der Waals surface area contributed by atoms with Crippen LogP contribution >= 0.6 is 0 Å². The lowest BCUT2D eigenvalue weighted by molar-refractivity contribution is -0.131. The van der Waals surface area contributed by atoms with Crippen LogP contribution in [0.4, 0.5) is 0 Å². The minimum Gasteiger partial charge on any atom is -0.341 e. The number of carbonyl (C=O) groups excluding carboxylic acids is 1. The summed E-state index contributed by atoms with van der Waals surface area (Å²) in [6.07, 6.45) is 3.08. The Morgan fingerprint density at radius 1 is 1.36 bits per heavy atom. The molecule has 0 unspecified atom stereocenters. The number of likely N-dealkylation sites (tertiary alicyclic amines) is 1. The van der Waals surface area contributed by atoms with Gasteiger partial charge in [-0.15, -0.1) is 0 Å². The van der Waals surface area contributed by atoms with Gasteiger partial charge in [-0.25, -0.2) is 13.1 Å². The second-order valence-electron chi connectivity index (χ2n) is 3.64. The Hall–Kier alpha value is -0.620. The minimum absolute atomic E-state index is 0.132. The van der Waals surface area contributed by atoms with E-state index in [1.54, 1.807) is 11.8 Å². The number of hydrogen-bond donors (Lipinski definition) is 1. The van der Waals surface area contributed by atoms with E-state index in [1.165, 1.54) is 0 Å². The molecule has 1 aliphatic rings. The van der Waals surface area contributed by atoms with Gasteiger partial charge in [0, 0.05) is 13.1 Å². The Kier molecular flexibility index (Phi) is 3.49. The van der Waals surface area contributed by atoms with Crippen LogP contribution in [0.15, 0.2) is 0 Å². The van der Waals surface area contributed by atoms with Crippen molar-refractivity contribution in [3.8, 4) is 0 Å². The van der Waals surface area contributed by atoms with Crippen molar-refractivity contribution >= 4 is 15.9 Å². The molecule has 1 atom stereocenters. The number of nitrogens with one attached hydrogen (secondary N) is 1. The second-order valence-corrected chi connectivity index (χ2v) is 5.42. The Labute approximate surface area is 84.5 Å². The first-order valence-corrected chi connectivity index (χ1v) is 6.55. The van der Waals surface area contributed by atoms with E-state index in [9.17, 15) is 13.2 Å². The first-order chi connectivity index (χ1) is 6.40. The molecule has 6 heteroatoms. The SMILES string of the molecule is C[C@@H](NS(C)(=O)=O)C(=O)N1CCCC1. The zero-order valence-electron chi connectivity index (χ0n) is 8.49. The van der Waals surface area contributed by atoms with E-state index in [-0.39, 0.29) is 5.91 Å². The Bertz CT molecular complexity index is 307. The lowest BCUT2D eigenvalue weighted by Gasteiger charge is -2.20. The molecule has 1 aliphatic heterocycles. The van der Waals surface area contributed by atoms with Crippen molar-refractivity contribution < 1.29 is 13.2 Å². The van der Waals surface area contributed by atoms with Crippen LogP contribution in [-0.2, 0) is 14.8 Å². The maximum Gasteiger partial charge on any atom is 0.240 e. The molecule has 0 radical (unpaired) electrons. The van der Waals surface area contributed by atoms with E-state index in [0.717, 1.165) is 32.2 Å². The molecular weight excluding hydrogens is 204 g/mol. The first kappa shape index (κ1) is 11.5. The molecule has 0 aromatic heterocycles. The van der Waals surface area contributed by atoms with Crippen LogP contribution in [-0.4, -0.2) is 44.6 Å². The van der Waals surface area contributed by atoms with Crippen molar-refractivity contribution in [2.45, 2.75) is 25.8 Å². The predicted octanol–water partition coefficient (Wildman–Crippen LogP) is -0.453. The molecule has 1 amide bonds. The van der Waals surface area contributed by atoms with Crippen LogP contribution in [0, 0.1) is 0 Å². The fourth-order valence-electron chi connectivity index (χ4n) is 1.58. The van der Waals surface area contributed by atoms with Crippen LogP contribution in [0.3, 0.4) is 0 Å². The maximum atomic E-state index is 11.6. The summed E-state index contributed by atoms with van der Waals surface area (Å²) in [5, 5.41) is 0. The molecular formula is C8H16N2O3S. The predicted molar refractivity (Wildman–Crippen MR) is 53.3 cm³/mol. The molecule has 0 aliphatic carbocycles.